The highest BCUT2D eigenvalue weighted by molar-refractivity contribution is 5.94. The van der Waals surface area contributed by atoms with Crippen molar-refractivity contribution in [2.75, 3.05) is 0 Å². The molecule has 25 heavy (non-hydrogen) atoms. The minimum Gasteiger partial charge on any atom is -0.393 e. The number of carbonyl (C=O) groups is 1. The molecular formula is C21H30O4. The van der Waals surface area contributed by atoms with E-state index in [1.165, 1.54) is 0 Å². The lowest BCUT2D eigenvalue weighted by molar-refractivity contribution is -0.184. The van der Waals surface area contributed by atoms with Crippen LogP contribution in [0.2, 0.25) is 0 Å². The maximum Gasteiger partial charge on any atom is 0.189 e. The Kier molecular flexibility index (Phi) is 3.72. The van der Waals surface area contributed by atoms with Gasteiger partial charge in [-0.05, 0) is 67.6 Å². The third-order valence-electron chi connectivity index (χ3n) is 8.89. The molecule has 0 aromatic heterocycles. The molecule has 0 saturated heterocycles. The topological polar surface area (TPSA) is 77.8 Å². The Bertz CT molecular complexity index is 638. The Morgan fingerprint density at radius 1 is 1.12 bits per heavy atom. The number of hydrogen-bond acceptors (Lipinski definition) is 4. The van der Waals surface area contributed by atoms with E-state index in [-0.39, 0.29) is 35.6 Å². The van der Waals surface area contributed by atoms with Gasteiger partial charge in [-0.15, -0.1) is 6.42 Å². The predicted octanol–water partition coefficient (Wildman–Crippen LogP) is 1.90. The van der Waals surface area contributed by atoms with Crippen molar-refractivity contribution >= 4 is 5.78 Å². The first-order valence-electron chi connectivity index (χ1n) is 9.77. The van der Waals surface area contributed by atoms with Crippen molar-refractivity contribution < 1.29 is 20.1 Å². The first-order chi connectivity index (χ1) is 11.7. The molecule has 4 aliphatic carbocycles. The summed E-state index contributed by atoms with van der Waals surface area (Å²) < 4.78 is 0. The van der Waals surface area contributed by atoms with Crippen LogP contribution in [0.15, 0.2) is 0 Å². The van der Waals surface area contributed by atoms with Crippen LogP contribution >= 0.6 is 0 Å². The second kappa shape index (κ2) is 5.31. The molecule has 4 heteroatoms. The lowest BCUT2D eigenvalue weighted by Gasteiger charge is -2.62. The molecular weight excluding hydrogens is 316 g/mol. The zero-order chi connectivity index (χ0) is 18.2. The van der Waals surface area contributed by atoms with Crippen LogP contribution in [0.4, 0.5) is 0 Å². The number of hydrogen-bond donors (Lipinski definition) is 3. The molecule has 0 aromatic rings. The summed E-state index contributed by atoms with van der Waals surface area (Å²) in [6.45, 7) is 4.27. The van der Waals surface area contributed by atoms with Gasteiger partial charge in [-0.1, -0.05) is 19.8 Å². The molecule has 0 amide bonds. The summed E-state index contributed by atoms with van der Waals surface area (Å²) >= 11 is 0. The van der Waals surface area contributed by atoms with Gasteiger partial charge >= 0.3 is 0 Å². The minimum absolute atomic E-state index is 0.0153. The second-order valence-electron chi connectivity index (χ2n) is 9.66. The van der Waals surface area contributed by atoms with Gasteiger partial charge in [0, 0.05) is 11.8 Å². The predicted molar refractivity (Wildman–Crippen MR) is 93.3 cm³/mol. The number of aliphatic hydroxyl groups excluding tert-OH is 2. The number of fused-ring (bicyclic) bond motifs is 5. The first-order valence-corrected chi connectivity index (χ1v) is 9.77. The molecule has 4 fully saturated rings. The van der Waals surface area contributed by atoms with Gasteiger partial charge in [0.25, 0.3) is 0 Å². The fraction of sp³-hybridized carbons (Fsp3) is 0.857. The Morgan fingerprint density at radius 3 is 2.52 bits per heavy atom. The summed E-state index contributed by atoms with van der Waals surface area (Å²) in [6.07, 6.45) is 9.99. The molecule has 138 valence electrons. The van der Waals surface area contributed by atoms with Crippen LogP contribution in [-0.2, 0) is 4.79 Å². The Morgan fingerprint density at radius 2 is 1.84 bits per heavy atom. The van der Waals surface area contributed by atoms with Gasteiger partial charge in [-0.3, -0.25) is 4.79 Å². The fourth-order valence-corrected chi connectivity index (χ4v) is 7.27. The van der Waals surface area contributed by atoms with Crippen molar-refractivity contribution in [3.8, 4) is 12.3 Å². The van der Waals surface area contributed by atoms with Crippen LogP contribution < -0.4 is 0 Å². The molecule has 0 radical (unpaired) electrons. The number of ketones is 1. The van der Waals surface area contributed by atoms with Crippen molar-refractivity contribution in [3.63, 3.8) is 0 Å². The standard InChI is InChI=1S/C21H30O4/c1-4-21(25)17(24)11-15-18-14(6-8-20(15,21)3)19(2)7-5-13(22)9-12(19)10-16(18)23/h1,12-16,18,22-23,25H,5-11H2,2-3H3/t12-,13-,14?,15?,16-,18?,19-,20-,21-/m0/s1. The molecule has 0 heterocycles. The second-order valence-corrected chi connectivity index (χ2v) is 9.66. The van der Waals surface area contributed by atoms with Crippen LogP contribution in [0, 0.1) is 46.8 Å². The third kappa shape index (κ3) is 2.04. The van der Waals surface area contributed by atoms with E-state index in [2.05, 4.69) is 12.8 Å². The largest absolute Gasteiger partial charge is 0.393 e. The zero-order valence-electron chi connectivity index (χ0n) is 15.2. The van der Waals surface area contributed by atoms with Gasteiger partial charge < -0.3 is 15.3 Å². The normalized spacial score (nSPS) is 58.0. The third-order valence-corrected chi connectivity index (χ3v) is 8.89. The molecule has 0 spiro atoms. The number of rotatable bonds is 0. The smallest absolute Gasteiger partial charge is 0.189 e. The number of Topliss-reactive ketones (excluding diaryl/α,β-unsaturated/α-hetero) is 1. The number of aliphatic hydroxyl groups is 3. The van der Waals surface area contributed by atoms with Crippen LogP contribution in [0.3, 0.4) is 0 Å². The van der Waals surface area contributed by atoms with Gasteiger partial charge in [0.15, 0.2) is 11.4 Å². The summed E-state index contributed by atoms with van der Waals surface area (Å²) in [5.74, 6) is 2.78. The molecule has 0 aliphatic heterocycles. The van der Waals surface area contributed by atoms with Crippen LogP contribution in [-0.4, -0.2) is 38.9 Å². The monoisotopic (exact) mass is 346 g/mol. The molecule has 9 atom stereocenters. The van der Waals surface area contributed by atoms with Crippen molar-refractivity contribution in [2.45, 2.75) is 76.6 Å². The highest BCUT2D eigenvalue weighted by atomic mass is 16.3. The summed E-state index contributed by atoms with van der Waals surface area (Å²) in [5, 5.41) is 32.0. The van der Waals surface area contributed by atoms with Gasteiger partial charge in [-0.25, -0.2) is 0 Å². The first kappa shape index (κ1) is 17.5. The summed E-state index contributed by atoms with van der Waals surface area (Å²) in [7, 11) is 0. The molecule has 4 rings (SSSR count). The average molecular weight is 346 g/mol. The number of terminal acetylenes is 1. The van der Waals surface area contributed by atoms with Crippen LogP contribution in [0.1, 0.15) is 58.8 Å². The SMILES string of the molecule is C#C[C@]1(O)C(=O)CC2C3C(CC[C@@]21C)[C@@]1(C)CC[C@H](O)C[C@H]1C[C@@H]3O. The maximum absolute atomic E-state index is 12.6. The van der Waals surface area contributed by atoms with E-state index < -0.39 is 17.1 Å². The van der Waals surface area contributed by atoms with E-state index in [1.54, 1.807) is 0 Å². The van der Waals surface area contributed by atoms with Gasteiger partial charge in [-0.2, -0.15) is 0 Å². The molecule has 4 saturated carbocycles. The van der Waals surface area contributed by atoms with E-state index in [1.807, 2.05) is 6.92 Å². The minimum atomic E-state index is -1.69. The maximum atomic E-state index is 12.6. The summed E-state index contributed by atoms with van der Waals surface area (Å²) in [4.78, 5) is 12.6. The van der Waals surface area contributed by atoms with Crippen molar-refractivity contribution in [2.24, 2.45) is 34.5 Å². The molecule has 4 aliphatic rings. The molecule has 0 aromatic carbocycles. The van der Waals surface area contributed by atoms with Crippen molar-refractivity contribution in [3.05, 3.63) is 0 Å². The van der Waals surface area contributed by atoms with E-state index in [0.29, 0.717) is 18.3 Å². The molecule has 0 bridgehead atoms. The molecule has 3 N–H and O–H groups in total. The Hall–Kier alpha value is -0.890. The number of carbonyl (C=O) groups excluding carboxylic acids is 1. The average Bonchev–Trinajstić information content (AvgIpc) is 2.77. The zero-order valence-corrected chi connectivity index (χ0v) is 15.2. The van der Waals surface area contributed by atoms with E-state index in [9.17, 15) is 20.1 Å². The Labute approximate surface area is 150 Å². The van der Waals surface area contributed by atoms with Crippen molar-refractivity contribution in [1.29, 1.82) is 0 Å². The van der Waals surface area contributed by atoms with Crippen LogP contribution in [0.5, 0.6) is 0 Å². The highest BCUT2D eigenvalue weighted by Gasteiger charge is 2.69. The summed E-state index contributed by atoms with van der Waals surface area (Å²) in [5.41, 5.74) is -2.23. The quantitative estimate of drug-likeness (QED) is 0.586. The van der Waals surface area contributed by atoms with Crippen molar-refractivity contribution in [1.82, 2.24) is 0 Å². The lowest BCUT2D eigenvalue weighted by Crippen LogP contribution is -2.60. The van der Waals surface area contributed by atoms with Gasteiger partial charge in [0.1, 0.15) is 0 Å². The van der Waals surface area contributed by atoms with E-state index in [4.69, 9.17) is 6.42 Å². The highest BCUT2D eigenvalue weighted by Crippen LogP contribution is 2.67. The summed E-state index contributed by atoms with van der Waals surface area (Å²) in [6, 6.07) is 0. The fourth-order valence-electron chi connectivity index (χ4n) is 7.27. The van der Waals surface area contributed by atoms with Gasteiger partial charge in [0.05, 0.1) is 12.2 Å². The Balaban J connectivity index is 1.73. The van der Waals surface area contributed by atoms with E-state index in [0.717, 1.165) is 32.1 Å². The molecule has 3 unspecified atom stereocenters. The van der Waals surface area contributed by atoms with E-state index >= 15 is 0 Å². The van der Waals surface area contributed by atoms with Gasteiger partial charge in [0.2, 0.25) is 0 Å². The molecule has 4 nitrogen and oxygen atoms in total. The van der Waals surface area contributed by atoms with Crippen LogP contribution in [0.25, 0.3) is 0 Å². The lowest BCUT2D eigenvalue weighted by atomic mass is 9.43.